The van der Waals surface area contributed by atoms with Gasteiger partial charge >= 0.3 is 0 Å². The summed E-state index contributed by atoms with van der Waals surface area (Å²) in [5, 5.41) is 0.581. The first-order chi connectivity index (χ1) is 8.94. The van der Waals surface area contributed by atoms with Crippen LogP contribution in [0.4, 0.5) is 5.69 Å². The molecule has 4 N–H and O–H groups in total. The first-order valence-electron chi connectivity index (χ1n) is 5.82. The van der Waals surface area contributed by atoms with E-state index >= 15 is 0 Å². The van der Waals surface area contributed by atoms with Crippen molar-refractivity contribution in [1.29, 1.82) is 0 Å². The number of hydrogen-bond donors (Lipinski definition) is 3. The topological polar surface area (TPSA) is 97.2 Å². The number of hydrogen-bond acceptors (Lipinski definition) is 4. The van der Waals surface area contributed by atoms with E-state index in [1.54, 1.807) is 25.1 Å². The van der Waals surface area contributed by atoms with Crippen molar-refractivity contribution in [1.82, 2.24) is 9.71 Å². The van der Waals surface area contributed by atoms with Crippen molar-refractivity contribution in [3.8, 4) is 0 Å². The number of aromatic amines is 1. The van der Waals surface area contributed by atoms with Gasteiger partial charge in [-0.2, -0.15) is 0 Å². The van der Waals surface area contributed by atoms with Gasteiger partial charge in [0.15, 0.2) is 0 Å². The molecule has 0 spiro atoms. The minimum atomic E-state index is -3.60. The molecular weight excluding hydrogens is 266 g/mol. The Bertz CT molecular complexity index is 679. The van der Waals surface area contributed by atoms with Crippen LogP contribution < -0.4 is 10.5 Å². The Hall–Kier alpha value is -1.57. The lowest BCUT2D eigenvalue weighted by Gasteiger charge is -2.12. The summed E-state index contributed by atoms with van der Waals surface area (Å²) in [6.07, 6.45) is 1.46. The van der Waals surface area contributed by atoms with Gasteiger partial charge in [0.25, 0.3) is 0 Å². The third-order valence-corrected chi connectivity index (χ3v) is 4.36. The molecule has 0 fully saturated rings. The number of H-pyrrole nitrogens is 1. The fourth-order valence-electron chi connectivity index (χ4n) is 1.95. The molecule has 0 amide bonds. The van der Waals surface area contributed by atoms with Gasteiger partial charge in [-0.25, -0.2) is 13.1 Å². The number of fused-ring (bicyclic) bond motifs is 1. The molecular formula is C12H17N3O3S. The normalized spacial score (nSPS) is 13.8. The van der Waals surface area contributed by atoms with Crippen LogP contribution in [0.5, 0.6) is 0 Å². The molecule has 1 aromatic carbocycles. The molecule has 0 aliphatic rings. The van der Waals surface area contributed by atoms with Crippen LogP contribution in [-0.2, 0) is 14.8 Å². The molecule has 0 saturated heterocycles. The second-order valence-corrected chi connectivity index (χ2v) is 6.12. The summed E-state index contributed by atoms with van der Waals surface area (Å²) in [4.78, 5) is 3.11. The number of nitrogens with two attached hydrogens (primary N) is 1. The average Bonchev–Trinajstić information content (AvgIpc) is 2.71. The Labute approximate surface area is 112 Å². The van der Waals surface area contributed by atoms with Gasteiger partial charge in [0.1, 0.15) is 4.90 Å². The summed E-state index contributed by atoms with van der Waals surface area (Å²) in [5.74, 6) is 0. The molecule has 7 heteroatoms. The Morgan fingerprint density at radius 2 is 2.21 bits per heavy atom. The third-order valence-electron chi connectivity index (χ3n) is 2.73. The second-order valence-electron chi connectivity index (χ2n) is 4.44. The Morgan fingerprint density at radius 3 is 2.89 bits per heavy atom. The number of sulfonamides is 1. The zero-order valence-corrected chi connectivity index (χ0v) is 11.6. The number of ether oxygens (including phenoxy) is 1. The quantitative estimate of drug-likeness (QED) is 0.715. The molecule has 1 unspecified atom stereocenters. The molecule has 1 atom stereocenters. The molecule has 0 bridgehead atoms. The molecule has 104 valence electrons. The number of methoxy groups -OCH3 is 1. The van der Waals surface area contributed by atoms with E-state index in [0.29, 0.717) is 17.7 Å². The summed E-state index contributed by atoms with van der Waals surface area (Å²) in [6.45, 7) is 2.05. The summed E-state index contributed by atoms with van der Waals surface area (Å²) < 4.78 is 32.0. The zero-order valence-electron chi connectivity index (χ0n) is 10.8. The van der Waals surface area contributed by atoms with Gasteiger partial charge < -0.3 is 15.5 Å². The zero-order chi connectivity index (χ0) is 14.0. The van der Waals surface area contributed by atoms with E-state index in [0.717, 1.165) is 5.52 Å². The van der Waals surface area contributed by atoms with Gasteiger partial charge in [0, 0.05) is 35.9 Å². The smallest absolute Gasteiger partial charge is 0.243 e. The number of rotatable bonds is 5. The maximum atomic E-state index is 12.3. The van der Waals surface area contributed by atoms with Crippen molar-refractivity contribution < 1.29 is 13.2 Å². The number of nitrogens with one attached hydrogen (secondary N) is 2. The van der Waals surface area contributed by atoms with E-state index in [4.69, 9.17) is 10.5 Å². The highest BCUT2D eigenvalue weighted by atomic mass is 32.2. The van der Waals surface area contributed by atoms with Gasteiger partial charge in [-0.05, 0) is 25.1 Å². The van der Waals surface area contributed by atoms with Crippen LogP contribution in [0.15, 0.2) is 29.3 Å². The minimum Gasteiger partial charge on any atom is -0.399 e. The van der Waals surface area contributed by atoms with E-state index in [9.17, 15) is 8.42 Å². The van der Waals surface area contributed by atoms with E-state index in [-0.39, 0.29) is 10.9 Å². The molecule has 0 radical (unpaired) electrons. The van der Waals surface area contributed by atoms with Crippen molar-refractivity contribution in [2.75, 3.05) is 19.5 Å². The first-order valence-corrected chi connectivity index (χ1v) is 7.30. The van der Waals surface area contributed by atoms with E-state index in [2.05, 4.69) is 9.71 Å². The van der Waals surface area contributed by atoms with Crippen molar-refractivity contribution in [3.05, 3.63) is 24.4 Å². The minimum absolute atomic E-state index is 0.192. The standard InChI is InChI=1S/C12H17N3O3S/c1-8(7-18-2)15-19(16,17)12-6-14-11-4-3-9(13)5-10(11)12/h3-6,8,14-15H,7,13H2,1-2H3. The van der Waals surface area contributed by atoms with Crippen LogP contribution in [0.2, 0.25) is 0 Å². The van der Waals surface area contributed by atoms with Crippen LogP contribution in [0.3, 0.4) is 0 Å². The average molecular weight is 283 g/mol. The summed E-state index contributed by atoms with van der Waals surface area (Å²) in [6, 6.07) is 4.81. The van der Waals surface area contributed by atoms with E-state index in [1.165, 1.54) is 13.3 Å². The lowest BCUT2D eigenvalue weighted by Crippen LogP contribution is -2.35. The van der Waals surface area contributed by atoms with E-state index in [1.807, 2.05) is 0 Å². The van der Waals surface area contributed by atoms with Crippen LogP contribution in [0.25, 0.3) is 10.9 Å². The molecule has 2 aromatic rings. The lowest BCUT2D eigenvalue weighted by molar-refractivity contribution is 0.180. The summed E-state index contributed by atoms with van der Waals surface area (Å²) >= 11 is 0. The maximum Gasteiger partial charge on any atom is 0.243 e. The highest BCUT2D eigenvalue weighted by Crippen LogP contribution is 2.24. The largest absolute Gasteiger partial charge is 0.399 e. The van der Waals surface area contributed by atoms with Gasteiger partial charge in [-0.15, -0.1) is 0 Å². The van der Waals surface area contributed by atoms with Crippen LogP contribution in [0.1, 0.15) is 6.92 Å². The molecule has 6 nitrogen and oxygen atoms in total. The fourth-order valence-corrected chi connectivity index (χ4v) is 3.34. The number of anilines is 1. The highest BCUT2D eigenvalue weighted by Gasteiger charge is 2.21. The predicted octanol–water partition coefficient (Wildman–Crippen LogP) is 1.06. The van der Waals surface area contributed by atoms with Crippen LogP contribution >= 0.6 is 0 Å². The lowest BCUT2D eigenvalue weighted by atomic mass is 10.2. The van der Waals surface area contributed by atoms with Crippen molar-refractivity contribution in [3.63, 3.8) is 0 Å². The maximum absolute atomic E-state index is 12.3. The van der Waals surface area contributed by atoms with Gasteiger partial charge in [0.05, 0.1) is 6.61 Å². The molecule has 2 rings (SSSR count). The molecule has 19 heavy (non-hydrogen) atoms. The third kappa shape index (κ3) is 2.89. The number of nitrogen functional groups attached to an aromatic ring is 1. The van der Waals surface area contributed by atoms with Crippen LogP contribution in [-0.4, -0.2) is 33.2 Å². The van der Waals surface area contributed by atoms with Crippen molar-refractivity contribution >= 4 is 26.6 Å². The fraction of sp³-hybridized carbons (Fsp3) is 0.333. The summed E-state index contributed by atoms with van der Waals surface area (Å²) in [5.41, 5.74) is 6.95. The predicted molar refractivity (Wildman–Crippen MR) is 74.4 cm³/mol. The van der Waals surface area contributed by atoms with Gasteiger partial charge in [-0.1, -0.05) is 0 Å². The van der Waals surface area contributed by atoms with Gasteiger partial charge in [-0.3, -0.25) is 0 Å². The molecule has 0 saturated carbocycles. The monoisotopic (exact) mass is 283 g/mol. The Balaban J connectivity index is 2.40. The number of benzene rings is 1. The first kappa shape index (κ1) is 13.9. The molecule has 0 aliphatic carbocycles. The SMILES string of the molecule is COCC(C)NS(=O)(=O)c1c[nH]c2ccc(N)cc12. The molecule has 1 heterocycles. The Morgan fingerprint density at radius 1 is 1.47 bits per heavy atom. The van der Waals surface area contributed by atoms with E-state index < -0.39 is 10.0 Å². The van der Waals surface area contributed by atoms with Gasteiger partial charge in [0.2, 0.25) is 10.0 Å². The molecule has 1 aromatic heterocycles. The number of aromatic nitrogens is 1. The highest BCUT2D eigenvalue weighted by molar-refractivity contribution is 7.89. The second kappa shape index (κ2) is 5.20. The Kier molecular flexibility index (Phi) is 3.79. The van der Waals surface area contributed by atoms with Crippen LogP contribution in [0, 0.1) is 0 Å². The summed E-state index contributed by atoms with van der Waals surface area (Å²) in [7, 11) is -2.07. The van der Waals surface area contributed by atoms with Crippen molar-refractivity contribution in [2.24, 2.45) is 0 Å². The van der Waals surface area contributed by atoms with Crippen molar-refractivity contribution in [2.45, 2.75) is 17.9 Å². The molecule has 0 aliphatic heterocycles.